The Morgan fingerprint density at radius 2 is 1.96 bits per heavy atom. The fourth-order valence-corrected chi connectivity index (χ4v) is 3.86. The number of aromatic nitrogens is 2. The summed E-state index contributed by atoms with van der Waals surface area (Å²) in [6.45, 7) is 3.64. The molecule has 27 heavy (non-hydrogen) atoms. The monoisotopic (exact) mass is 355 g/mol. The molecule has 0 unspecified atom stereocenters. The van der Waals surface area contributed by atoms with Crippen molar-refractivity contribution in [1.82, 2.24) is 4.98 Å². The van der Waals surface area contributed by atoms with Gasteiger partial charge in [0.25, 0.3) is 0 Å². The second-order valence-corrected chi connectivity index (χ2v) is 6.92. The number of rotatable bonds is 2. The van der Waals surface area contributed by atoms with E-state index in [-0.39, 0.29) is 0 Å². The zero-order valence-corrected chi connectivity index (χ0v) is 15.6. The van der Waals surface area contributed by atoms with Gasteiger partial charge < -0.3 is 4.42 Å². The van der Waals surface area contributed by atoms with Crippen LogP contribution in [0.25, 0.3) is 44.1 Å². The van der Waals surface area contributed by atoms with Gasteiger partial charge in [0.2, 0.25) is 11.4 Å². The minimum atomic E-state index is -1.42. The van der Waals surface area contributed by atoms with E-state index in [9.17, 15) is 0 Å². The Morgan fingerprint density at radius 1 is 1.11 bits per heavy atom. The van der Waals surface area contributed by atoms with E-state index in [4.69, 9.17) is 7.16 Å². The van der Waals surface area contributed by atoms with Crippen LogP contribution in [0.1, 0.15) is 20.8 Å². The molecule has 132 valence electrons. The van der Waals surface area contributed by atoms with Gasteiger partial charge in [-0.05, 0) is 29.8 Å². The van der Waals surface area contributed by atoms with Crippen LogP contribution in [0.15, 0.2) is 65.3 Å². The van der Waals surface area contributed by atoms with Gasteiger partial charge in [0.1, 0.15) is 7.05 Å². The van der Waals surface area contributed by atoms with Crippen molar-refractivity contribution in [3.63, 3.8) is 0 Å². The van der Waals surface area contributed by atoms with Gasteiger partial charge in [-0.25, -0.2) is 9.55 Å². The topological polar surface area (TPSA) is 29.9 Å². The largest absolute Gasteiger partial charge is 0.437 e. The fourth-order valence-electron chi connectivity index (χ4n) is 3.86. The lowest BCUT2D eigenvalue weighted by molar-refractivity contribution is -0.660. The summed E-state index contributed by atoms with van der Waals surface area (Å²) in [5, 5.41) is 4.24. The van der Waals surface area contributed by atoms with Gasteiger partial charge >= 0.3 is 0 Å². The van der Waals surface area contributed by atoms with Crippen LogP contribution in [-0.4, -0.2) is 4.98 Å². The molecule has 0 bridgehead atoms. The molecule has 0 atom stereocenters. The summed E-state index contributed by atoms with van der Waals surface area (Å²) in [6.07, 6.45) is 2.33. The third-order valence-electron chi connectivity index (χ3n) is 5.29. The summed E-state index contributed by atoms with van der Waals surface area (Å²) in [7, 11) is 1.97. The zero-order chi connectivity index (χ0) is 20.3. The van der Waals surface area contributed by atoms with Crippen LogP contribution in [0, 0.1) is 6.92 Å². The molecule has 5 aromatic rings. The quantitative estimate of drug-likeness (QED) is 0.392. The maximum atomic E-state index is 8.12. The highest BCUT2D eigenvalue weighted by molar-refractivity contribution is 6.19. The minimum Gasteiger partial charge on any atom is -0.437 e. The summed E-state index contributed by atoms with van der Waals surface area (Å²) in [4.78, 5) is 4.56. The number of aryl methyl sites for hydroxylation is 3. The molecule has 3 heteroatoms. The molecule has 0 radical (unpaired) electrons. The summed E-state index contributed by atoms with van der Waals surface area (Å²) in [5.41, 5.74) is 5.01. The molecule has 3 nitrogen and oxygen atoms in total. The second-order valence-electron chi connectivity index (χ2n) is 6.92. The highest BCUT2D eigenvalue weighted by Gasteiger charge is 2.22. The fraction of sp³-hybridized carbons (Fsp3) is 0.167. The van der Waals surface area contributed by atoms with Crippen LogP contribution in [0.4, 0.5) is 0 Å². The Labute approximate surface area is 160 Å². The first-order valence-corrected chi connectivity index (χ1v) is 9.05. The number of nitrogens with zero attached hydrogens (tertiary/aromatic N) is 2. The zero-order valence-electron chi connectivity index (χ0n) is 17.6. The SMILES string of the molecule is [2H]C([2H])(C)c1cc[n+](C)c(-c2c(C)ccc3c2oc2ncc4ccccc4c23)c1. The van der Waals surface area contributed by atoms with Gasteiger partial charge in [-0.15, -0.1) is 0 Å². The number of pyridine rings is 2. The first-order chi connectivity index (χ1) is 13.8. The van der Waals surface area contributed by atoms with E-state index in [1.54, 1.807) is 6.92 Å². The highest BCUT2D eigenvalue weighted by atomic mass is 16.3. The standard InChI is InChI=1S/C24H21N2O/c1-4-16-11-12-26(3)20(13-16)21-15(2)9-10-19-22-18-8-6-5-7-17(18)14-25-24(22)27-23(19)21/h5-14H,4H2,1-3H3/q+1/i4D2. The number of fused-ring (bicyclic) bond motifs is 5. The van der Waals surface area contributed by atoms with E-state index >= 15 is 0 Å². The van der Waals surface area contributed by atoms with Crippen LogP contribution >= 0.6 is 0 Å². The Hall–Kier alpha value is -3.20. The van der Waals surface area contributed by atoms with Crippen molar-refractivity contribution < 1.29 is 11.7 Å². The van der Waals surface area contributed by atoms with Gasteiger partial charge in [0.15, 0.2) is 11.8 Å². The van der Waals surface area contributed by atoms with Crippen LogP contribution < -0.4 is 4.57 Å². The van der Waals surface area contributed by atoms with E-state index in [2.05, 4.69) is 36.2 Å². The van der Waals surface area contributed by atoms with Crippen molar-refractivity contribution in [3.05, 3.63) is 72.1 Å². The van der Waals surface area contributed by atoms with Crippen LogP contribution in [0.2, 0.25) is 0 Å². The smallest absolute Gasteiger partial charge is 0.227 e. The Kier molecular flexibility index (Phi) is 3.05. The van der Waals surface area contributed by atoms with Crippen LogP contribution in [-0.2, 0) is 13.4 Å². The van der Waals surface area contributed by atoms with Crippen molar-refractivity contribution in [2.75, 3.05) is 0 Å². The molecule has 5 rings (SSSR count). The molecule has 3 aromatic heterocycles. The lowest BCUT2D eigenvalue weighted by Crippen LogP contribution is -2.30. The number of hydrogen-bond donors (Lipinski definition) is 0. The van der Waals surface area contributed by atoms with E-state index < -0.39 is 6.37 Å². The number of furan rings is 1. The first-order valence-electron chi connectivity index (χ1n) is 10.0. The summed E-state index contributed by atoms with van der Waals surface area (Å²) in [5.74, 6) is 0. The Bertz CT molecular complexity index is 1410. The lowest BCUT2D eigenvalue weighted by Gasteiger charge is -2.07. The predicted octanol–water partition coefficient (Wildman–Crippen LogP) is 5.50. The third-order valence-corrected chi connectivity index (χ3v) is 5.29. The van der Waals surface area contributed by atoms with E-state index in [0.29, 0.717) is 11.3 Å². The molecule has 2 aromatic carbocycles. The lowest BCUT2D eigenvalue weighted by atomic mass is 9.98. The average Bonchev–Trinajstić information content (AvgIpc) is 3.07. The van der Waals surface area contributed by atoms with Gasteiger partial charge in [-0.2, -0.15) is 0 Å². The molecule has 0 aliphatic rings. The van der Waals surface area contributed by atoms with Crippen molar-refractivity contribution >= 4 is 32.8 Å². The molecule has 0 saturated heterocycles. The molecule has 0 saturated carbocycles. The Balaban J connectivity index is 1.91. The first kappa shape index (κ1) is 13.9. The number of benzene rings is 2. The van der Waals surface area contributed by atoms with Crippen molar-refractivity contribution in [2.24, 2.45) is 7.05 Å². The van der Waals surface area contributed by atoms with Gasteiger partial charge in [0, 0.05) is 31.8 Å². The molecule has 0 spiro atoms. The molecule has 0 aliphatic carbocycles. The highest BCUT2D eigenvalue weighted by Crippen LogP contribution is 2.39. The van der Waals surface area contributed by atoms with Crippen molar-refractivity contribution in [3.8, 4) is 11.3 Å². The summed E-state index contributed by atoms with van der Waals surface area (Å²) >= 11 is 0. The minimum absolute atomic E-state index is 0.621. The van der Waals surface area contributed by atoms with Gasteiger partial charge in [0.05, 0.1) is 10.9 Å². The van der Waals surface area contributed by atoms with Gasteiger partial charge in [-0.1, -0.05) is 43.3 Å². The predicted molar refractivity (Wildman–Crippen MR) is 110 cm³/mol. The molecular formula is C24H21N2O+. The van der Waals surface area contributed by atoms with E-state index in [0.717, 1.165) is 43.9 Å². The average molecular weight is 355 g/mol. The van der Waals surface area contributed by atoms with Crippen LogP contribution in [0.3, 0.4) is 0 Å². The normalized spacial score (nSPS) is 13.3. The van der Waals surface area contributed by atoms with E-state index in [1.807, 2.05) is 48.3 Å². The maximum Gasteiger partial charge on any atom is 0.227 e. The third kappa shape index (κ3) is 2.35. The molecule has 0 amide bonds. The van der Waals surface area contributed by atoms with Crippen molar-refractivity contribution in [1.29, 1.82) is 0 Å². The molecule has 0 aliphatic heterocycles. The van der Waals surface area contributed by atoms with Crippen molar-refractivity contribution in [2.45, 2.75) is 20.2 Å². The van der Waals surface area contributed by atoms with Gasteiger partial charge in [-0.3, -0.25) is 0 Å². The molecule has 0 N–H and O–H groups in total. The number of hydrogen-bond acceptors (Lipinski definition) is 2. The summed E-state index contributed by atoms with van der Waals surface area (Å²) in [6, 6.07) is 16.1. The summed E-state index contributed by atoms with van der Waals surface area (Å²) < 4.78 is 24.5. The van der Waals surface area contributed by atoms with E-state index in [1.165, 1.54) is 0 Å². The maximum absolute atomic E-state index is 8.12. The second kappa shape index (κ2) is 5.92. The molecule has 0 fully saturated rings. The van der Waals surface area contributed by atoms with Crippen LogP contribution in [0.5, 0.6) is 0 Å². The Morgan fingerprint density at radius 3 is 2.81 bits per heavy atom. The molecule has 3 heterocycles. The molecular weight excluding hydrogens is 332 g/mol.